The van der Waals surface area contributed by atoms with Crippen molar-refractivity contribution in [2.75, 3.05) is 11.9 Å². The minimum Gasteiger partial charge on any atom is -0.508 e. The highest BCUT2D eigenvalue weighted by molar-refractivity contribution is 5.47. The normalized spacial score (nSPS) is 10.4. The first kappa shape index (κ1) is 13.2. The third-order valence-electron chi connectivity index (χ3n) is 2.91. The molecule has 4 heteroatoms. The molecule has 0 radical (unpaired) electrons. The van der Waals surface area contributed by atoms with Gasteiger partial charge in [-0.3, -0.25) is 0 Å². The fourth-order valence-electron chi connectivity index (χ4n) is 1.82. The van der Waals surface area contributed by atoms with E-state index in [0.717, 1.165) is 16.8 Å². The summed E-state index contributed by atoms with van der Waals surface area (Å²) in [5, 5.41) is 30.9. The summed E-state index contributed by atoms with van der Waals surface area (Å²) in [4.78, 5) is 0. The maximum atomic E-state index is 9.66. The zero-order valence-corrected chi connectivity index (χ0v) is 10.5. The molecule has 0 unspecified atom stereocenters. The van der Waals surface area contributed by atoms with E-state index in [1.807, 2.05) is 24.3 Å². The first-order valence-electron chi connectivity index (χ1n) is 6.13. The van der Waals surface area contributed by atoms with Gasteiger partial charge in [-0.1, -0.05) is 12.1 Å². The van der Waals surface area contributed by atoms with Gasteiger partial charge < -0.3 is 20.6 Å². The van der Waals surface area contributed by atoms with Crippen molar-refractivity contribution in [1.82, 2.24) is 0 Å². The van der Waals surface area contributed by atoms with Crippen molar-refractivity contribution >= 4 is 5.69 Å². The van der Waals surface area contributed by atoms with E-state index in [1.165, 1.54) is 6.07 Å². The SMILES string of the molecule is OCCc1ccc(NCc2ccc(O)cc2O)cc1. The van der Waals surface area contributed by atoms with Crippen LogP contribution in [0.3, 0.4) is 0 Å². The van der Waals surface area contributed by atoms with Gasteiger partial charge in [-0.05, 0) is 36.2 Å². The molecule has 0 aliphatic rings. The predicted octanol–water partition coefficient (Wildman–Crippen LogP) is 2.24. The van der Waals surface area contributed by atoms with Gasteiger partial charge in [-0.25, -0.2) is 0 Å². The summed E-state index contributed by atoms with van der Waals surface area (Å²) in [6, 6.07) is 12.3. The maximum absolute atomic E-state index is 9.66. The minimum absolute atomic E-state index is 0.0506. The molecule has 100 valence electrons. The summed E-state index contributed by atoms with van der Waals surface area (Å²) in [5.74, 6) is 0.124. The molecule has 19 heavy (non-hydrogen) atoms. The Hall–Kier alpha value is -2.20. The highest BCUT2D eigenvalue weighted by Gasteiger charge is 2.02. The quantitative estimate of drug-likeness (QED) is 0.664. The molecule has 0 saturated carbocycles. The molecule has 0 atom stereocenters. The van der Waals surface area contributed by atoms with Crippen molar-refractivity contribution in [3.63, 3.8) is 0 Å². The fourth-order valence-corrected chi connectivity index (χ4v) is 1.82. The average Bonchev–Trinajstić information content (AvgIpc) is 2.40. The number of anilines is 1. The van der Waals surface area contributed by atoms with Crippen LogP contribution in [0.2, 0.25) is 0 Å². The van der Waals surface area contributed by atoms with Crippen LogP contribution in [0.15, 0.2) is 42.5 Å². The number of nitrogens with one attached hydrogen (secondary N) is 1. The molecule has 0 bridgehead atoms. The second-order valence-electron chi connectivity index (χ2n) is 4.34. The standard InChI is InChI=1S/C15H17NO3/c17-8-7-11-1-4-13(5-2-11)16-10-12-3-6-14(18)9-15(12)19/h1-6,9,16-19H,7-8,10H2. The summed E-state index contributed by atoms with van der Waals surface area (Å²) < 4.78 is 0. The van der Waals surface area contributed by atoms with Gasteiger partial charge in [0.2, 0.25) is 0 Å². The highest BCUT2D eigenvalue weighted by atomic mass is 16.3. The average molecular weight is 259 g/mol. The monoisotopic (exact) mass is 259 g/mol. The van der Waals surface area contributed by atoms with Crippen LogP contribution in [0, 0.1) is 0 Å². The van der Waals surface area contributed by atoms with Crippen molar-refractivity contribution < 1.29 is 15.3 Å². The van der Waals surface area contributed by atoms with Crippen LogP contribution in [0.4, 0.5) is 5.69 Å². The summed E-state index contributed by atoms with van der Waals surface area (Å²) in [7, 11) is 0. The smallest absolute Gasteiger partial charge is 0.124 e. The molecule has 0 amide bonds. The molecule has 0 aliphatic heterocycles. The second kappa shape index (κ2) is 6.11. The van der Waals surface area contributed by atoms with Crippen LogP contribution >= 0.6 is 0 Å². The van der Waals surface area contributed by atoms with Gasteiger partial charge in [0.05, 0.1) is 0 Å². The zero-order chi connectivity index (χ0) is 13.7. The van der Waals surface area contributed by atoms with Crippen LogP contribution in [-0.4, -0.2) is 21.9 Å². The molecule has 0 saturated heterocycles. The van der Waals surface area contributed by atoms with E-state index in [1.54, 1.807) is 12.1 Å². The van der Waals surface area contributed by atoms with Crippen molar-refractivity contribution in [3.8, 4) is 11.5 Å². The number of phenolic OH excluding ortho intramolecular Hbond substituents is 2. The first-order valence-corrected chi connectivity index (χ1v) is 6.13. The Balaban J connectivity index is 1.98. The van der Waals surface area contributed by atoms with E-state index < -0.39 is 0 Å². The molecular weight excluding hydrogens is 242 g/mol. The Morgan fingerprint density at radius 1 is 0.947 bits per heavy atom. The lowest BCUT2D eigenvalue weighted by Gasteiger charge is -2.09. The first-order chi connectivity index (χ1) is 9.19. The number of phenols is 2. The van der Waals surface area contributed by atoms with Gasteiger partial charge in [0.1, 0.15) is 11.5 Å². The number of rotatable bonds is 5. The lowest BCUT2D eigenvalue weighted by molar-refractivity contribution is 0.299. The maximum Gasteiger partial charge on any atom is 0.124 e. The van der Waals surface area contributed by atoms with E-state index in [2.05, 4.69) is 5.32 Å². The molecule has 0 aromatic heterocycles. The summed E-state index contributed by atoms with van der Waals surface area (Å²) in [5.41, 5.74) is 2.74. The van der Waals surface area contributed by atoms with Crippen molar-refractivity contribution in [1.29, 1.82) is 0 Å². The molecule has 2 aromatic rings. The Bertz CT molecular complexity index is 538. The van der Waals surface area contributed by atoms with Crippen LogP contribution in [-0.2, 0) is 13.0 Å². The van der Waals surface area contributed by atoms with Crippen LogP contribution in [0.25, 0.3) is 0 Å². The Kier molecular flexibility index (Phi) is 4.26. The van der Waals surface area contributed by atoms with E-state index in [0.29, 0.717) is 13.0 Å². The molecule has 2 rings (SSSR count). The van der Waals surface area contributed by atoms with Crippen molar-refractivity contribution in [2.24, 2.45) is 0 Å². The number of aliphatic hydroxyl groups is 1. The molecule has 2 aromatic carbocycles. The van der Waals surface area contributed by atoms with E-state index in [9.17, 15) is 10.2 Å². The van der Waals surface area contributed by atoms with E-state index in [-0.39, 0.29) is 18.1 Å². The third kappa shape index (κ3) is 3.63. The van der Waals surface area contributed by atoms with Crippen molar-refractivity contribution in [3.05, 3.63) is 53.6 Å². The van der Waals surface area contributed by atoms with Gasteiger partial charge in [-0.2, -0.15) is 0 Å². The summed E-state index contributed by atoms with van der Waals surface area (Å²) in [6.07, 6.45) is 0.652. The van der Waals surface area contributed by atoms with Gasteiger partial charge in [0, 0.05) is 30.5 Å². The largest absolute Gasteiger partial charge is 0.508 e. The molecular formula is C15H17NO3. The lowest BCUT2D eigenvalue weighted by atomic mass is 10.1. The molecule has 0 aliphatic carbocycles. The topological polar surface area (TPSA) is 72.7 Å². The molecule has 0 fully saturated rings. The lowest BCUT2D eigenvalue weighted by Crippen LogP contribution is -2.00. The van der Waals surface area contributed by atoms with Crippen molar-refractivity contribution in [2.45, 2.75) is 13.0 Å². The number of hydrogen-bond acceptors (Lipinski definition) is 4. The highest BCUT2D eigenvalue weighted by Crippen LogP contribution is 2.23. The van der Waals surface area contributed by atoms with Crippen LogP contribution in [0.5, 0.6) is 11.5 Å². The van der Waals surface area contributed by atoms with Crippen LogP contribution < -0.4 is 5.32 Å². The summed E-state index contributed by atoms with van der Waals surface area (Å²) in [6.45, 7) is 0.625. The van der Waals surface area contributed by atoms with Crippen LogP contribution in [0.1, 0.15) is 11.1 Å². The Morgan fingerprint density at radius 3 is 2.32 bits per heavy atom. The van der Waals surface area contributed by atoms with E-state index in [4.69, 9.17) is 5.11 Å². The second-order valence-corrected chi connectivity index (χ2v) is 4.34. The number of aromatic hydroxyl groups is 2. The number of hydrogen-bond donors (Lipinski definition) is 4. The fraction of sp³-hybridized carbons (Fsp3) is 0.200. The zero-order valence-electron chi connectivity index (χ0n) is 10.5. The molecule has 4 N–H and O–H groups in total. The summed E-state index contributed by atoms with van der Waals surface area (Å²) >= 11 is 0. The third-order valence-corrected chi connectivity index (χ3v) is 2.91. The molecule has 0 spiro atoms. The minimum atomic E-state index is 0.0506. The predicted molar refractivity (Wildman–Crippen MR) is 74.3 cm³/mol. The van der Waals surface area contributed by atoms with E-state index >= 15 is 0 Å². The van der Waals surface area contributed by atoms with Gasteiger partial charge in [0.15, 0.2) is 0 Å². The molecule has 0 heterocycles. The Labute approximate surface area is 112 Å². The number of aliphatic hydroxyl groups excluding tert-OH is 1. The molecule has 4 nitrogen and oxygen atoms in total. The van der Waals surface area contributed by atoms with Gasteiger partial charge in [-0.15, -0.1) is 0 Å². The van der Waals surface area contributed by atoms with Gasteiger partial charge >= 0.3 is 0 Å². The number of benzene rings is 2. The van der Waals surface area contributed by atoms with Gasteiger partial charge in [0.25, 0.3) is 0 Å². The Morgan fingerprint density at radius 2 is 1.68 bits per heavy atom.